The number of carbonyl (C=O) groups is 1. The van der Waals surface area contributed by atoms with E-state index in [1.807, 2.05) is 11.8 Å². The molecule has 0 radical (unpaired) electrons. The van der Waals surface area contributed by atoms with Crippen LogP contribution in [0.3, 0.4) is 0 Å². The fourth-order valence-corrected chi connectivity index (χ4v) is 8.96. The first-order chi connectivity index (χ1) is 22.7. The van der Waals surface area contributed by atoms with E-state index in [0.29, 0.717) is 49.5 Å². The number of sulfonamides is 1. The second-order valence-corrected chi connectivity index (χ2v) is 16.1. The largest absolute Gasteiger partial charge is 0.573 e. The van der Waals surface area contributed by atoms with Gasteiger partial charge in [0.2, 0.25) is 10.0 Å². The highest BCUT2D eigenvalue weighted by molar-refractivity contribution is 7.88. The Morgan fingerprint density at radius 1 is 1.04 bits per heavy atom. The van der Waals surface area contributed by atoms with E-state index >= 15 is 0 Å². The van der Waals surface area contributed by atoms with Crippen LogP contribution in [0.2, 0.25) is 0 Å². The van der Waals surface area contributed by atoms with Gasteiger partial charge in [0.05, 0.1) is 18.5 Å². The molecule has 3 saturated heterocycles. The Kier molecular flexibility index (Phi) is 10.4. The molecule has 1 aromatic heterocycles. The highest BCUT2D eigenvalue weighted by atomic mass is 32.2. The Hall–Kier alpha value is -2.81. The zero-order valence-electron chi connectivity index (χ0n) is 27.9. The summed E-state index contributed by atoms with van der Waals surface area (Å²) in [5.41, 5.74) is 2.88. The van der Waals surface area contributed by atoms with Crippen LogP contribution in [-0.4, -0.2) is 102 Å². The Labute approximate surface area is 281 Å². The van der Waals surface area contributed by atoms with Gasteiger partial charge in [-0.15, -0.1) is 13.2 Å². The maximum absolute atomic E-state index is 13.6. The van der Waals surface area contributed by atoms with Crippen molar-refractivity contribution in [1.82, 2.24) is 24.1 Å². The first-order valence-corrected chi connectivity index (χ1v) is 18.9. The molecule has 1 amide bonds. The first kappa shape index (κ1) is 35.0. The number of amides is 1. The van der Waals surface area contributed by atoms with Gasteiger partial charge in [-0.2, -0.15) is 0 Å². The second kappa shape index (κ2) is 14.2. The molecule has 1 aromatic carbocycles. The highest BCUT2D eigenvalue weighted by Gasteiger charge is 2.45. The Morgan fingerprint density at radius 2 is 1.71 bits per heavy atom. The Morgan fingerprint density at radius 3 is 2.33 bits per heavy atom. The predicted molar refractivity (Wildman–Crippen MR) is 173 cm³/mol. The van der Waals surface area contributed by atoms with Gasteiger partial charge in [0.15, 0.2) is 0 Å². The lowest BCUT2D eigenvalue weighted by atomic mass is 9.95. The number of benzene rings is 1. The summed E-state index contributed by atoms with van der Waals surface area (Å²) in [4.78, 5) is 27.0. The van der Waals surface area contributed by atoms with Crippen LogP contribution >= 0.6 is 0 Å². The summed E-state index contributed by atoms with van der Waals surface area (Å²) in [5, 5.41) is 0. The van der Waals surface area contributed by atoms with Gasteiger partial charge in [-0.3, -0.25) is 9.69 Å². The van der Waals surface area contributed by atoms with Crippen molar-refractivity contribution in [3.63, 3.8) is 0 Å². The van der Waals surface area contributed by atoms with Gasteiger partial charge in [-0.1, -0.05) is 12.1 Å². The molecular formula is C34H46F3N5O5S. The summed E-state index contributed by atoms with van der Waals surface area (Å²) in [6, 6.07) is 6.40. The van der Waals surface area contributed by atoms with Gasteiger partial charge in [-0.25, -0.2) is 22.7 Å². The number of hydrogen-bond donors (Lipinski definition) is 0. The molecule has 4 fully saturated rings. The molecule has 14 heteroatoms. The average Bonchev–Trinajstić information content (AvgIpc) is 3.63. The van der Waals surface area contributed by atoms with Gasteiger partial charge >= 0.3 is 6.36 Å². The van der Waals surface area contributed by atoms with Crippen LogP contribution in [0.4, 0.5) is 13.2 Å². The van der Waals surface area contributed by atoms with Crippen LogP contribution in [0.5, 0.6) is 5.75 Å². The third-order valence-electron chi connectivity index (χ3n) is 11.0. The van der Waals surface area contributed by atoms with Crippen molar-refractivity contribution in [1.29, 1.82) is 0 Å². The van der Waals surface area contributed by atoms with Crippen molar-refractivity contribution < 1.29 is 35.9 Å². The van der Waals surface area contributed by atoms with E-state index < -0.39 is 16.4 Å². The fraction of sp³-hybridized carbons (Fsp3) is 0.676. The number of nitrogens with zero attached hydrogens (tertiary/aromatic N) is 5. The summed E-state index contributed by atoms with van der Waals surface area (Å²) in [5.74, 6) is 0.738. The lowest BCUT2D eigenvalue weighted by Crippen LogP contribution is -2.47. The quantitative estimate of drug-likeness (QED) is 0.356. The van der Waals surface area contributed by atoms with Gasteiger partial charge in [0.1, 0.15) is 17.8 Å². The lowest BCUT2D eigenvalue weighted by Gasteiger charge is -2.37. The minimum Gasteiger partial charge on any atom is -0.406 e. The molecule has 0 bridgehead atoms. The number of likely N-dealkylation sites (tertiary alicyclic amines) is 2. The van der Waals surface area contributed by atoms with Crippen LogP contribution < -0.4 is 4.74 Å². The van der Waals surface area contributed by atoms with Gasteiger partial charge in [0.25, 0.3) is 5.91 Å². The molecule has 1 saturated carbocycles. The van der Waals surface area contributed by atoms with Crippen LogP contribution in [-0.2, 0) is 21.2 Å². The highest BCUT2D eigenvalue weighted by Crippen LogP contribution is 2.42. The molecule has 4 heterocycles. The van der Waals surface area contributed by atoms with Crippen molar-refractivity contribution in [3.8, 4) is 5.75 Å². The SMILES string of the molecule is Cc1c(CC[C@H]2CCC[C@@H](c3ccc(OC(F)(F)F)cc3)O2)ncnc1C(=O)N1CCC(N2C[C@H]3CC(N(C)S(C)(=O)=O)C[C@H]3C2)CC1. The number of ether oxygens (including phenoxy) is 2. The minimum absolute atomic E-state index is 0.0287. The van der Waals surface area contributed by atoms with Crippen molar-refractivity contribution in [2.75, 3.05) is 39.5 Å². The fourth-order valence-electron chi connectivity index (χ4n) is 8.25. The average molecular weight is 694 g/mol. The second-order valence-electron chi connectivity index (χ2n) is 14.0. The monoisotopic (exact) mass is 693 g/mol. The lowest BCUT2D eigenvalue weighted by molar-refractivity contribution is -0.274. The number of hydrogen-bond acceptors (Lipinski definition) is 8. The number of aryl methyl sites for hydroxylation is 1. The van der Waals surface area contributed by atoms with Crippen LogP contribution in [0.1, 0.15) is 84.8 Å². The molecular weight excluding hydrogens is 647 g/mol. The maximum Gasteiger partial charge on any atom is 0.573 e. The van der Waals surface area contributed by atoms with Crippen molar-refractivity contribution in [3.05, 3.63) is 53.1 Å². The zero-order valence-corrected chi connectivity index (χ0v) is 28.7. The molecule has 3 aliphatic heterocycles. The minimum atomic E-state index is -4.73. The molecule has 1 unspecified atom stereocenters. The number of fused-ring (bicyclic) bond motifs is 1. The van der Waals surface area contributed by atoms with Crippen molar-refractivity contribution in [2.24, 2.45) is 11.8 Å². The van der Waals surface area contributed by atoms with E-state index in [4.69, 9.17) is 4.74 Å². The molecule has 0 N–H and O–H groups in total. The van der Waals surface area contributed by atoms with E-state index in [1.54, 1.807) is 23.5 Å². The Bertz CT molecular complexity index is 1540. The molecule has 5 atom stereocenters. The molecule has 0 spiro atoms. The summed E-state index contributed by atoms with van der Waals surface area (Å²) in [6.45, 7) is 5.25. The molecule has 48 heavy (non-hydrogen) atoms. The number of rotatable bonds is 9. The first-order valence-electron chi connectivity index (χ1n) is 17.0. The van der Waals surface area contributed by atoms with E-state index in [0.717, 1.165) is 74.9 Å². The molecule has 264 valence electrons. The smallest absolute Gasteiger partial charge is 0.406 e. The van der Waals surface area contributed by atoms with E-state index in [-0.39, 0.29) is 29.9 Å². The van der Waals surface area contributed by atoms with E-state index in [1.165, 1.54) is 24.7 Å². The molecule has 1 aliphatic carbocycles. The summed E-state index contributed by atoms with van der Waals surface area (Å²) in [7, 11) is -1.48. The topological polar surface area (TPSA) is 105 Å². The number of aromatic nitrogens is 2. The molecule has 2 aromatic rings. The number of piperidine rings is 1. The summed E-state index contributed by atoms with van der Waals surface area (Å²) >= 11 is 0. The van der Waals surface area contributed by atoms with Crippen molar-refractivity contribution in [2.45, 2.75) is 95.4 Å². The summed E-state index contributed by atoms with van der Waals surface area (Å²) < 4.78 is 73.5. The molecule has 6 rings (SSSR count). The van der Waals surface area contributed by atoms with Crippen LogP contribution in [0.25, 0.3) is 0 Å². The number of carbonyl (C=O) groups excluding carboxylic acids is 1. The zero-order chi connectivity index (χ0) is 34.2. The maximum atomic E-state index is 13.6. The third kappa shape index (κ3) is 8.14. The van der Waals surface area contributed by atoms with Gasteiger partial charge < -0.3 is 14.4 Å². The van der Waals surface area contributed by atoms with Crippen LogP contribution in [0, 0.1) is 18.8 Å². The number of alkyl halides is 3. The predicted octanol–water partition coefficient (Wildman–Crippen LogP) is 5.13. The third-order valence-corrected chi connectivity index (χ3v) is 12.3. The van der Waals surface area contributed by atoms with Gasteiger partial charge in [0, 0.05) is 56.6 Å². The van der Waals surface area contributed by atoms with E-state index in [9.17, 15) is 26.4 Å². The van der Waals surface area contributed by atoms with Crippen molar-refractivity contribution >= 4 is 15.9 Å². The van der Waals surface area contributed by atoms with Crippen LogP contribution in [0.15, 0.2) is 30.6 Å². The van der Waals surface area contributed by atoms with E-state index in [2.05, 4.69) is 19.6 Å². The summed E-state index contributed by atoms with van der Waals surface area (Å²) in [6.07, 6.45) is 5.41. The Balaban J connectivity index is 0.979. The molecule has 4 aliphatic rings. The van der Waals surface area contributed by atoms with Gasteiger partial charge in [-0.05, 0) is 94.2 Å². The number of halogens is 3. The normalized spacial score (nSPS) is 27.4. The molecule has 10 nitrogen and oxygen atoms in total. The standard InChI is InChI=1S/C34H46F3N5O5S/c1-22-30(12-11-28-5-4-6-31(46-28)23-7-9-29(10-8-23)47-34(35,36)37)38-21-39-32(22)33(43)41-15-13-26(14-16-41)42-19-24-17-27(18-25(24)20-42)40(2)48(3,44)45/h7-10,21,24-28,31H,4-6,11-20H2,1-3H3/t24-,25+,27?,28-,31+/m1/s1.